The number of hydrogen-bond donors (Lipinski definition) is 2. The molecule has 0 aliphatic heterocycles. The molecule has 0 saturated carbocycles. The van der Waals surface area contributed by atoms with Crippen molar-refractivity contribution in [2.45, 2.75) is 50.7 Å². The number of rotatable bonds is 7. The third-order valence-corrected chi connectivity index (χ3v) is 5.25. The highest BCUT2D eigenvalue weighted by Crippen LogP contribution is 2.12. The zero-order valence-electron chi connectivity index (χ0n) is 13.5. The SMILES string of the molecule is CCC(C)(C)NC(=O)[C@@H](C)[S@](=O)Cc1cccc(C(N)=O)c1. The number of benzene rings is 1. The fourth-order valence-electron chi connectivity index (χ4n) is 1.75. The normalized spacial score (nSPS) is 14.2. The number of hydrogen-bond acceptors (Lipinski definition) is 3. The molecule has 22 heavy (non-hydrogen) atoms. The molecule has 6 heteroatoms. The van der Waals surface area contributed by atoms with Gasteiger partial charge in [-0.05, 0) is 44.9 Å². The first-order valence-corrected chi connectivity index (χ1v) is 8.62. The van der Waals surface area contributed by atoms with Gasteiger partial charge in [0.25, 0.3) is 0 Å². The summed E-state index contributed by atoms with van der Waals surface area (Å²) in [6.45, 7) is 7.49. The second-order valence-corrected chi connectivity index (χ2v) is 7.72. The van der Waals surface area contributed by atoms with Gasteiger partial charge in [0.2, 0.25) is 11.8 Å². The van der Waals surface area contributed by atoms with Crippen LogP contribution in [0, 0.1) is 0 Å². The first kappa shape index (κ1) is 18.4. The zero-order valence-corrected chi connectivity index (χ0v) is 14.3. The van der Waals surface area contributed by atoms with Crippen LogP contribution >= 0.6 is 0 Å². The standard InChI is InChI=1S/C16H24N2O3S/c1-5-16(3,4)18-15(20)11(2)22(21)10-12-7-6-8-13(9-12)14(17)19/h6-9,11H,5,10H2,1-4H3,(H2,17,19)(H,18,20)/t11-,22-/m1/s1. The summed E-state index contributed by atoms with van der Waals surface area (Å²) in [4.78, 5) is 23.3. The lowest BCUT2D eigenvalue weighted by Crippen LogP contribution is -2.47. The van der Waals surface area contributed by atoms with Gasteiger partial charge in [-0.3, -0.25) is 13.8 Å². The predicted octanol–water partition coefficient (Wildman–Crippen LogP) is 1.73. The van der Waals surface area contributed by atoms with Gasteiger partial charge in [0.15, 0.2) is 0 Å². The van der Waals surface area contributed by atoms with Gasteiger partial charge in [-0.1, -0.05) is 19.1 Å². The molecular weight excluding hydrogens is 300 g/mol. The minimum atomic E-state index is -1.37. The van der Waals surface area contributed by atoms with Crippen LogP contribution in [0.2, 0.25) is 0 Å². The Morgan fingerprint density at radius 1 is 1.36 bits per heavy atom. The molecule has 5 nitrogen and oxygen atoms in total. The van der Waals surface area contributed by atoms with Crippen LogP contribution in [0.3, 0.4) is 0 Å². The molecule has 0 unspecified atom stereocenters. The number of nitrogens with one attached hydrogen (secondary N) is 1. The third-order valence-electron chi connectivity index (χ3n) is 3.63. The van der Waals surface area contributed by atoms with E-state index in [1.165, 1.54) is 0 Å². The number of primary amides is 1. The third kappa shape index (κ3) is 5.26. The maximum atomic E-state index is 12.3. The molecule has 0 bridgehead atoms. The Labute approximate surface area is 134 Å². The Hall–Kier alpha value is -1.69. The van der Waals surface area contributed by atoms with E-state index in [1.807, 2.05) is 20.8 Å². The molecule has 3 N–H and O–H groups in total. The van der Waals surface area contributed by atoms with Gasteiger partial charge in [0.1, 0.15) is 5.25 Å². The smallest absolute Gasteiger partial charge is 0.248 e. The van der Waals surface area contributed by atoms with E-state index in [9.17, 15) is 13.8 Å². The van der Waals surface area contributed by atoms with E-state index in [2.05, 4.69) is 5.32 Å². The summed E-state index contributed by atoms with van der Waals surface area (Å²) in [6.07, 6.45) is 0.790. The van der Waals surface area contributed by atoms with Gasteiger partial charge >= 0.3 is 0 Å². The van der Waals surface area contributed by atoms with Crippen molar-refractivity contribution in [2.75, 3.05) is 0 Å². The van der Waals surface area contributed by atoms with Gasteiger partial charge in [0, 0.05) is 27.7 Å². The Morgan fingerprint density at radius 2 is 2.00 bits per heavy atom. The predicted molar refractivity (Wildman–Crippen MR) is 88.8 cm³/mol. The van der Waals surface area contributed by atoms with Crippen molar-refractivity contribution in [2.24, 2.45) is 5.73 Å². The minimum absolute atomic E-state index is 0.211. The van der Waals surface area contributed by atoms with Crippen LogP contribution in [0.1, 0.15) is 50.0 Å². The second kappa shape index (κ2) is 7.54. The molecule has 2 atom stereocenters. The molecule has 0 radical (unpaired) electrons. The van der Waals surface area contributed by atoms with E-state index >= 15 is 0 Å². The van der Waals surface area contributed by atoms with Crippen LogP contribution < -0.4 is 11.1 Å². The van der Waals surface area contributed by atoms with Gasteiger partial charge in [-0.15, -0.1) is 0 Å². The summed E-state index contributed by atoms with van der Waals surface area (Å²) >= 11 is 0. The van der Waals surface area contributed by atoms with Crippen LogP contribution in [0.15, 0.2) is 24.3 Å². The van der Waals surface area contributed by atoms with Gasteiger partial charge < -0.3 is 11.1 Å². The lowest BCUT2D eigenvalue weighted by atomic mass is 10.0. The van der Waals surface area contributed by atoms with Crippen molar-refractivity contribution < 1.29 is 13.8 Å². The lowest BCUT2D eigenvalue weighted by Gasteiger charge is -2.26. The van der Waals surface area contributed by atoms with Crippen LogP contribution in [0.5, 0.6) is 0 Å². The molecule has 1 aromatic rings. The molecule has 0 aliphatic carbocycles. The van der Waals surface area contributed by atoms with Crippen molar-refractivity contribution in [3.05, 3.63) is 35.4 Å². The zero-order chi connectivity index (χ0) is 16.9. The molecule has 0 heterocycles. The molecule has 0 spiro atoms. The Balaban J connectivity index is 2.74. The van der Waals surface area contributed by atoms with Crippen molar-refractivity contribution in [3.63, 3.8) is 0 Å². The average Bonchev–Trinajstić information content (AvgIpc) is 2.46. The Bertz CT molecular complexity index is 585. The maximum absolute atomic E-state index is 12.3. The molecule has 1 aromatic carbocycles. The largest absolute Gasteiger partial charge is 0.366 e. The van der Waals surface area contributed by atoms with E-state index in [0.29, 0.717) is 5.56 Å². The highest BCUT2D eigenvalue weighted by Gasteiger charge is 2.25. The monoisotopic (exact) mass is 324 g/mol. The van der Waals surface area contributed by atoms with Crippen molar-refractivity contribution in [3.8, 4) is 0 Å². The van der Waals surface area contributed by atoms with Gasteiger partial charge in [-0.2, -0.15) is 0 Å². The summed E-state index contributed by atoms with van der Waals surface area (Å²) in [7, 11) is -1.37. The number of amides is 2. The Kier molecular flexibility index (Phi) is 6.29. The van der Waals surface area contributed by atoms with Crippen LogP contribution in [0.4, 0.5) is 0 Å². The van der Waals surface area contributed by atoms with Crippen LogP contribution in [0.25, 0.3) is 0 Å². The van der Waals surface area contributed by atoms with Gasteiger partial charge in [0.05, 0.1) is 0 Å². The molecule has 0 aromatic heterocycles. The molecule has 122 valence electrons. The maximum Gasteiger partial charge on any atom is 0.248 e. The lowest BCUT2D eigenvalue weighted by molar-refractivity contribution is -0.121. The summed E-state index contributed by atoms with van der Waals surface area (Å²) < 4.78 is 12.3. The summed E-state index contributed by atoms with van der Waals surface area (Å²) in [5.41, 5.74) is 6.01. The number of carbonyl (C=O) groups excluding carboxylic acids is 2. The van der Waals surface area contributed by atoms with Crippen molar-refractivity contribution in [1.82, 2.24) is 5.32 Å². The number of nitrogens with two attached hydrogens (primary N) is 1. The highest BCUT2D eigenvalue weighted by molar-refractivity contribution is 7.85. The van der Waals surface area contributed by atoms with Crippen molar-refractivity contribution in [1.29, 1.82) is 0 Å². The first-order chi connectivity index (χ1) is 10.2. The van der Waals surface area contributed by atoms with E-state index in [4.69, 9.17) is 5.73 Å². The highest BCUT2D eigenvalue weighted by atomic mass is 32.2. The summed E-state index contributed by atoms with van der Waals surface area (Å²) in [5, 5.41) is 2.27. The summed E-state index contributed by atoms with van der Waals surface area (Å²) in [5.74, 6) is -0.540. The fourth-order valence-corrected chi connectivity index (χ4v) is 2.80. The first-order valence-electron chi connectivity index (χ1n) is 7.24. The molecule has 2 amide bonds. The van der Waals surface area contributed by atoms with Crippen LogP contribution in [-0.4, -0.2) is 26.8 Å². The van der Waals surface area contributed by atoms with E-state index in [0.717, 1.165) is 12.0 Å². The molecule has 0 aliphatic rings. The fraction of sp³-hybridized carbons (Fsp3) is 0.500. The quantitative estimate of drug-likeness (QED) is 0.800. The van der Waals surface area contributed by atoms with Crippen LogP contribution in [-0.2, 0) is 21.3 Å². The topological polar surface area (TPSA) is 89.3 Å². The number of carbonyl (C=O) groups is 2. The molecule has 0 saturated heterocycles. The minimum Gasteiger partial charge on any atom is -0.366 e. The van der Waals surface area contributed by atoms with Gasteiger partial charge in [-0.25, -0.2) is 0 Å². The van der Waals surface area contributed by atoms with E-state index in [-0.39, 0.29) is 17.2 Å². The van der Waals surface area contributed by atoms with Crippen molar-refractivity contribution >= 4 is 22.6 Å². The molecule has 1 rings (SSSR count). The molecule has 0 fully saturated rings. The average molecular weight is 324 g/mol. The second-order valence-electron chi connectivity index (χ2n) is 5.96. The molecular formula is C16H24N2O3S. The van der Waals surface area contributed by atoms with E-state index < -0.39 is 22.0 Å². The summed E-state index contributed by atoms with van der Waals surface area (Å²) in [6, 6.07) is 6.68. The van der Waals surface area contributed by atoms with E-state index in [1.54, 1.807) is 31.2 Å². The Morgan fingerprint density at radius 3 is 2.55 bits per heavy atom.